The molecule has 2 heteroatoms. The average Bonchev–Trinajstić information content (AvgIpc) is 2.12. The van der Waals surface area contributed by atoms with Crippen LogP contribution in [0.25, 0.3) is 0 Å². The van der Waals surface area contributed by atoms with E-state index in [1.165, 1.54) is 0 Å². The lowest BCUT2D eigenvalue weighted by Crippen LogP contribution is -1.57. The van der Waals surface area contributed by atoms with Crippen LogP contribution in [0.3, 0.4) is 0 Å². The fourth-order valence-electron chi connectivity index (χ4n) is 0.333. The van der Waals surface area contributed by atoms with E-state index >= 15 is 0 Å². The van der Waals surface area contributed by atoms with Crippen molar-refractivity contribution in [1.82, 2.24) is 0 Å². The van der Waals surface area contributed by atoms with Crippen molar-refractivity contribution < 1.29 is 0 Å². The van der Waals surface area contributed by atoms with Gasteiger partial charge in [-0.1, -0.05) is 12.2 Å². The molecular weight excluding hydrogens is 148 g/mol. The maximum atomic E-state index is 7.90. The number of unbranched alkanes of at least 4 members (excludes halogenated alkanes) is 2. The molecule has 0 fully saturated rings. The Morgan fingerprint density at radius 2 is 1.25 bits per heavy atom. The van der Waals surface area contributed by atoms with Gasteiger partial charge in [0.25, 0.3) is 0 Å². The van der Waals surface area contributed by atoms with Gasteiger partial charge in [-0.2, -0.15) is 10.5 Å². The van der Waals surface area contributed by atoms with Crippen molar-refractivity contribution in [3.63, 3.8) is 0 Å². The van der Waals surface area contributed by atoms with Gasteiger partial charge < -0.3 is 0 Å². The maximum Gasteiger partial charge on any atom is 0.0624 e. The van der Waals surface area contributed by atoms with Crippen LogP contribution in [0.1, 0.15) is 25.7 Å². The first kappa shape index (κ1) is 13.1. The van der Waals surface area contributed by atoms with Gasteiger partial charge in [0.1, 0.15) is 0 Å². The number of rotatable bonds is 4. The summed E-state index contributed by atoms with van der Waals surface area (Å²) in [6, 6.07) is 3.99. The van der Waals surface area contributed by atoms with Crippen molar-refractivity contribution in [3.8, 4) is 12.1 Å². The molecule has 0 amide bonds. The minimum atomic E-state index is 0.601. The zero-order valence-corrected chi connectivity index (χ0v) is 7.29. The summed E-state index contributed by atoms with van der Waals surface area (Å²) in [6.07, 6.45) is 6.31. The molecule has 0 radical (unpaired) electrons. The van der Waals surface area contributed by atoms with E-state index in [0.29, 0.717) is 12.8 Å². The first-order valence-electron chi connectivity index (χ1n) is 3.79. The second-order valence-electron chi connectivity index (χ2n) is 1.97. The summed E-state index contributed by atoms with van der Waals surface area (Å²) in [5.41, 5.74) is 0. The van der Waals surface area contributed by atoms with Gasteiger partial charge in [0.2, 0.25) is 0 Å². The highest BCUT2D eigenvalue weighted by molar-refractivity contribution is 4.76. The van der Waals surface area contributed by atoms with Gasteiger partial charge in [-0.3, -0.25) is 0 Å². The third-order valence-electron chi connectivity index (χ3n) is 0.921. The second-order valence-corrected chi connectivity index (χ2v) is 1.97. The molecule has 0 aliphatic heterocycles. The minimum absolute atomic E-state index is 0.601. The monoisotopic (exact) mass is 162 g/mol. The fraction of sp³-hybridized carbons (Fsp3) is 0.400. The Morgan fingerprint density at radius 3 is 1.33 bits per heavy atom. The molecule has 0 aromatic rings. The lowest BCUT2D eigenvalue weighted by Gasteiger charge is -1.70. The largest absolute Gasteiger partial charge is 0.198 e. The molecule has 2 nitrogen and oxygen atoms in total. The van der Waals surface area contributed by atoms with E-state index in [2.05, 4.69) is 13.2 Å². The Balaban J connectivity index is 0. The van der Waals surface area contributed by atoms with Crippen LogP contribution in [-0.2, 0) is 0 Å². The molecular formula is C10H14N2. The summed E-state index contributed by atoms with van der Waals surface area (Å²) in [5, 5.41) is 15.8. The molecule has 0 unspecified atom stereocenters. The van der Waals surface area contributed by atoms with Crippen molar-refractivity contribution in [2.45, 2.75) is 25.7 Å². The van der Waals surface area contributed by atoms with E-state index in [1.54, 1.807) is 12.2 Å². The molecule has 0 aromatic heterocycles. The first-order chi connectivity index (χ1) is 5.83. The third-order valence-corrected chi connectivity index (χ3v) is 0.921. The lowest BCUT2D eigenvalue weighted by atomic mass is 10.3. The molecule has 0 saturated carbocycles. The zero-order chi connectivity index (χ0) is 9.66. The molecule has 0 saturated heterocycles. The summed E-state index contributed by atoms with van der Waals surface area (Å²) in [6.45, 7) is 6.89. The molecule has 0 aliphatic carbocycles. The molecule has 0 heterocycles. The summed E-state index contributed by atoms with van der Waals surface area (Å²) < 4.78 is 0. The Morgan fingerprint density at radius 1 is 0.917 bits per heavy atom. The van der Waals surface area contributed by atoms with E-state index < -0.39 is 0 Å². The quantitative estimate of drug-likeness (QED) is 0.471. The fourth-order valence-corrected chi connectivity index (χ4v) is 0.333. The molecule has 12 heavy (non-hydrogen) atoms. The van der Waals surface area contributed by atoms with Gasteiger partial charge >= 0.3 is 0 Å². The minimum Gasteiger partial charge on any atom is -0.198 e. The summed E-state index contributed by atoms with van der Waals surface area (Å²) in [5.74, 6) is 0. The van der Waals surface area contributed by atoms with Crippen LogP contribution in [0, 0.1) is 22.7 Å². The summed E-state index contributed by atoms with van der Waals surface area (Å²) in [7, 11) is 0. The van der Waals surface area contributed by atoms with Crippen molar-refractivity contribution in [2.24, 2.45) is 0 Å². The van der Waals surface area contributed by atoms with Gasteiger partial charge in [-0.25, -0.2) is 0 Å². The molecule has 0 bridgehead atoms. The van der Waals surface area contributed by atoms with Gasteiger partial charge in [0.05, 0.1) is 12.1 Å². The Labute approximate surface area is 74.4 Å². The van der Waals surface area contributed by atoms with Crippen molar-refractivity contribution in [2.75, 3.05) is 0 Å². The highest BCUT2D eigenvalue weighted by Crippen LogP contribution is 1.83. The summed E-state index contributed by atoms with van der Waals surface area (Å²) in [4.78, 5) is 0. The maximum absolute atomic E-state index is 7.90. The molecule has 0 spiro atoms. The standard InChI is InChI=1S/2C5H7N/c2*1-2-3-4-5-6/h2*2H,1,3-4H2. The Hall–Kier alpha value is -1.54. The van der Waals surface area contributed by atoms with Gasteiger partial charge in [-0.05, 0) is 12.8 Å². The first-order valence-corrected chi connectivity index (χ1v) is 3.79. The smallest absolute Gasteiger partial charge is 0.0624 e. The van der Waals surface area contributed by atoms with E-state index in [4.69, 9.17) is 10.5 Å². The van der Waals surface area contributed by atoms with E-state index in [1.807, 2.05) is 12.1 Å². The van der Waals surface area contributed by atoms with Crippen molar-refractivity contribution in [3.05, 3.63) is 25.3 Å². The second kappa shape index (κ2) is 16.2. The van der Waals surface area contributed by atoms with E-state index in [-0.39, 0.29) is 0 Å². The number of hydrogen-bond donors (Lipinski definition) is 0. The average molecular weight is 162 g/mol. The number of hydrogen-bond acceptors (Lipinski definition) is 2. The predicted octanol–water partition coefficient (Wildman–Crippen LogP) is 2.95. The molecule has 0 N–H and O–H groups in total. The number of nitriles is 2. The Kier molecular flexibility index (Phi) is 17.7. The van der Waals surface area contributed by atoms with Gasteiger partial charge in [-0.15, -0.1) is 13.2 Å². The van der Waals surface area contributed by atoms with Crippen molar-refractivity contribution >= 4 is 0 Å². The molecule has 0 rings (SSSR count). The zero-order valence-electron chi connectivity index (χ0n) is 7.29. The van der Waals surface area contributed by atoms with Crippen molar-refractivity contribution in [1.29, 1.82) is 10.5 Å². The van der Waals surface area contributed by atoms with Crippen LogP contribution in [0.15, 0.2) is 25.3 Å². The Bertz CT molecular complexity index is 159. The van der Waals surface area contributed by atoms with Crippen LogP contribution in [0.4, 0.5) is 0 Å². The van der Waals surface area contributed by atoms with Gasteiger partial charge in [0, 0.05) is 12.8 Å². The van der Waals surface area contributed by atoms with Crippen LogP contribution >= 0.6 is 0 Å². The normalized spacial score (nSPS) is 6.50. The third kappa shape index (κ3) is 23.7. The lowest BCUT2D eigenvalue weighted by molar-refractivity contribution is 1.07. The summed E-state index contributed by atoms with van der Waals surface area (Å²) >= 11 is 0. The van der Waals surface area contributed by atoms with E-state index in [0.717, 1.165) is 12.8 Å². The highest BCUT2D eigenvalue weighted by Gasteiger charge is 1.69. The van der Waals surface area contributed by atoms with Crippen LogP contribution in [0.2, 0.25) is 0 Å². The predicted molar refractivity (Wildman–Crippen MR) is 50.1 cm³/mol. The highest BCUT2D eigenvalue weighted by atomic mass is 14.2. The number of nitrogens with zero attached hydrogens (tertiary/aromatic N) is 2. The van der Waals surface area contributed by atoms with Crippen LogP contribution in [-0.4, -0.2) is 0 Å². The molecule has 0 atom stereocenters. The van der Waals surface area contributed by atoms with Gasteiger partial charge in [0.15, 0.2) is 0 Å². The topological polar surface area (TPSA) is 47.6 Å². The van der Waals surface area contributed by atoms with E-state index in [9.17, 15) is 0 Å². The number of allylic oxidation sites excluding steroid dienone is 2. The molecule has 0 aliphatic rings. The van der Waals surface area contributed by atoms with Crippen LogP contribution < -0.4 is 0 Å². The SMILES string of the molecule is C=CCCC#N.C=CCCC#N. The van der Waals surface area contributed by atoms with Crippen LogP contribution in [0.5, 0.6) is 0 Å². The molecule has 0 aromatic carbocycles. The molecule has 64 valence electrons.